The summed E-state index contributed by atoms with van der Waals surface area (Å²) in [5.41, 5.74) is -0.289. The number of nitrogens with one attached hydrogen (secondary N) is 1. The van der Waals surface area contributed by atoms with Gasteiger partial charge in [-0.2, -0.15) is 5.10 Å². The van der Waals surface area contributed by atoms with E-state index in [4.69, 9.17) is 0 Å². The lowest BCUT2D eigenvalue weighted by atomic mass is 9.99. The molecule has 1 saturated heterocycles. The zero-order valence-electron chi connectivity index (χ0n) is 17.0. The van der Waals surface area contributed by atoms with E-state index in [1.54, 1.807) is 16.2 Å². The van der Waals surface area contributed by atoms with E-state index in [9.17, 15) is 14.4 Å². The van der Waals surface area contributed by atoms with Crippen molar-refractivity contribution in [1.82, 2.24) is 38.3 Å². The van der Waals surface area contributed by atoms with Gasteiger partial charge < -0.3 is 9.88 Å². The van der Waals surface area contributed by atoms with Gasteiger partial charge in [-0.1, -0.05) is 0 Å². The second-order valence-electron chi connectivity index (χ2n) is 7.47. The highest BCUT2D eigenvalue weighted by Gasteiger charge is 2.23. The maximum Gasteiger partial charge on any atom is 0.345 e. The van der Waals surface area contributed by atoms with Crippen LogP contribution in [0.4, 0.5) is 0 Å². The van der Waals surface area contributed by atoms with Crippen LogP contribution in [0.1, 0.15) is 31.5 Å². The predicted molar refractivity (Wildman–Crippen MR) is 107 cm³/mol. The van der Waals surface area contributed by atoms with Crippen molar-refractivity contribution in [3.05, 3.63) is 43.5 Å². The molecular formula is C18H26N8O3. The Labute approximate surface area is 166 Å². The number of aromatic nitrogens is 7. The Balaban J connectivity index is 1.66. The minimum absolute atomic E-state index is 0.141. The second kappa shape index (κ2) is 7.47. The molecule has 11 nitrogen and oxygen atoms in total. The molecular weight excluding hydrogens is 376 g/mol. The van der Waals surface area contributed by atoms with Crippen LogP contribution < -0.4 is 22.3 Å². The van der Waals surface area contributed by atoms with Gasteiger partial charge in [0.05, 0.1) is 12.9 Å². The molecule has 0 aromatic carbocycles. The minimum atomic E-state index is -0.420. The van der Waals surface area contributed by atoms with Crippen molar-refractivity contribution in [3.63, 3.8) is 0 Å². The summed E-state index contributed by atoms with van der Waals surface area (Å²) in [4.78, 5) is 41.7. The van der Waals surface area contributed by atoms with Crippen LogP contribution in [0.25, 0.3) is 11.2 Å². The van der Waals surface area contributed by atoms with E-state index in [-0.39, 0.29) is 11.6 Å². The molecule has 3 aromatic heterocycles. The average molecular weight is 402 g/mol. The fraction of sp³-hybridized carbons (Fsp3) is 0.611. The fourth-order valence-electron chi connectivity index (χ4n) is 4.04. The fourth-order valence-corrected chi connectivity index (χ4v) is 4.04. The predicted octanol–water partition coefficient (Wildman–Crippen LogP) is -1.02. The van der Waals surface area contributed by atoms with Gasteiger partial charge in [0.1, 0.15) is 5.82 Å². The van der Waals surface area contributed by atoms with Gasteiger partial charge in [0.15, 0.2) is 11.2 Å². The minimum Gasteiger partial charge on any atom is -0.323 e. The average Bonchev–Trinajstić information content (AvgIpc) is 3.30. The number of fused-ring (bicyclic) bond motifs is 1. The Morgan fingerprint density at radius 3 is 2.62 bits per heavy atom. The lowest BCUT2D eigenvalue weighted by Crippen LogP contribution is -2.37. The molecule has 11 heteroatoms. The molecule has 0 unspecified atom stereocenters. The zero-order valence-corrected chi connectivity index (χ0v) is 17.0. The summed E-state index contributed by atoms with van der Waals surface area (Å²) < 4.78 is 7.28. The van der Waals surface area contributed by atoms with Gasteiger partial charge in [-0.15, -0.1) is 0 Å². The van der Waals surface area contributed by atoms with Crippen LogP contribution >= 0.6 is 0 Å². The van der Waals surface area contributed by atoms with Gasteiger partial charge in [-0.25, -0.2) is 19.3 Å². The number of hydrogen-bond donors (Lipinski definition) is 1. The van der Waals surface area contributed by atoms with Crippen LogP contribution in [0.2, 0.25) is 0 Å². The van der Waals surface area contributed by atoms with Crippen molar-refractivity contribution < 1.29 is 0 Å². The maximum absolute atomic E-state index is 12.8. The molecule has 4 heterocycles. The van der Waals surface area contributed by atoms with Crippen molar-refractivity contribution in [2.24, 2.45) is 14.1 Å². The lowest BCUT2D eigenvalue weighted by Gasteiger charge is -2.21. The third-order valence-corrected chi connectivity index (χ3v) is 5.70. The number of hydrogen-bond acceptors (Lipinski definition) is 6. The molecule has 3 aromatic rings. The first-order valence-corrected chi connectivity index (χ1v) is 9.93. The van der Waals surface area contributed by atoms with E-state index in [0.717, 1.165) is 36.3 Å². The number of imidazole rings is 1. The summed E-state index contributed by atoms with van der Waals surface area (Å²) in [6.07, 6.45) is 3.61. The third-order valence-electron chi connectivity index (χ3n) is 5.70. The first-order valence-electron chi connectivity index (χ1n) is 9.93. The largest absolute Gasteiger partial charge is 0.345 e. The quantitative estimate of drug-likeness (QED) is 0.584. The molecule has 0 amide bonds. The Morgan fingerprint density at radius 2 is 1.93 bits per heavy atom. The van der Waals surface area contributed by atoms with Crippen molar-refractivity contribution in [2.75, 3.05) is 13.1 Å². The summed E-state index contributed by atoms with van der Waals surface area (Å²) in [5, 5.41) is 7.98. The summed E-state index contributed by atoms with van der Waals surface area (Å²) in [5.74, 6) is 1.05. The normalized spacial score (nSPS) is 17.3. The first-order chi connectivity index (χ1) is 13.9. The van der Waals surface area contributed by atoms with Crippen LogP contribution in [-0.4, -0.2) is 46.1 Å². The molecule has 1 aliphatic heterocycles. The van der Waals surface area contributed by atoms with E-state index in [0.29, 0.717) is 30.8 Å². The Hall–Kier alpha value is -2.95. The molecule has 4 rings (SSSR count). The van der Waals surface area contributed by atoms with Crippen LogP contribution in [-0.2, 0) is 33.7 Å². The number of aryl methyl sites for hydroxylation is 3. The zero-order chi connectivity index (χ0) is 20.7. The molecule has 29 heavy (non-hydrogen) atoms. The molecule has 1 atom stereocenters. The summed E-state index contributed by atoms with van der Waals surface area (Å²) in [6.45, 7) is 5.01. The van der Waals surface area contributed by atoms with Crippen molar-refractivity contribution in [1.29, 1.82) is 0 Å². The summed E-state index contributed by atoms with van der Waals surface area (Å²) in [6, 6.07) is 0. The van der Waals surface area contributed by atoms with Gasteiger partial charge in [-0.05, 0) is 26.3 Å². The number of rotatable bonds is 5. The monoisotopic (exact) mass is 402 g/mol. The topological polar surface area (TPSA) is 114 Å². The molecule has 1 aliphatic rings. The van der Waals surface area contributed by atoms with Crippen molar-refractivity contribution in [3.8, 4) is 0 Å². The summed E-state index contributed by atoms with van der Waals surface area (Å²) in [7, 11) is 3.03. The van der Waals surface area contributed by atoms with Gasteiger partial charge in [0.25, 0.3) is 5.56 Å². The van der Waals surface area contributed by atoms with Crippen molar-refractivity contribution in [2.45, 2.75) is 45.3 Å². The summed E-state index contributed by atoms with van der Waals surface area (Å²) >= 11 is 0. The van der Waals surface area contributed by atoms with Crippen LogP contribution in [0.3, 0.4) is 0 Å². The number of piperidine rings is 1. The number of nitrogens with zero attached hydrogens (tertiary/aromatic N) is 7. The van der Waals surface area contributed by atoms with Gasteiger partial charge in [0.2, 0.25) is 0 Å². The molecule has 156 valence electrons. The standard InChI is InChI=1S/C18H26N8O3/c1-4-25-14(12-6-5-7-19-10-12)21-26(18(25)29)9-8-24-11-20-15-13(24)16(27)23(3)17(28)22(15)2/h11-12,19H,4-10H2,1-3H3/t12-/m0/s1. The maximum atomic E-state index is 12.8. The Morgan fingerprint density at radius 1 is 1.14 bits per heavy atom. The smallest absolute Gasteiger partial charge is 0.323 e. The van der Waals surface area contributed by atoms with E-state index >= 15 is 0 Å². The van der Waals surface area contributed by atoms with Crippen molar-refractivity contribution >= 4 is 11.2 Å². The second-order valence-corrected chi connectivity index (χ2v) is 7.47. The molecule has 0 radical (unpaired) electrons. The van der Waals surface area contributed by atoms with Gasteiger partial charge in [-0.3, -0.25) is 18.5 Å². The van der Waals surface area contributed by atoms with Gasteiger partial charge >= 0.3 is 11.4 Å². The highest BCUT2D eigenvalue weighted by atomic mass is 16.2. The van der Waals surface area contributed by atoms with Crippen LogP contribution in [0.15, 0.2) is 20.7 Å². The highest BCUT2D eigenvalue weighted by Crippen LogP contribution is 2.20. The van der Waals surface area contributed by atoms with Gasteiger partial charge in [0, 0.05) is 39.6 Å². The highest BCUT2D eigenvalue weighted by molar-refractivity contribution is 5.69. The molecule has 0 bridgehead atoms. The first kappa shape index (κ1) is 19.4. The van der Waals surface area contributed by atoms with E-state index in [1.165, 1.54) is 22.6 Å². The van der Waals surface area contributed by atoms with E-state index in [2.05, 4.69) is 15.4 Å². The molecule has 0 aliphatic carbocycles. The Bertz CT molecular complexity index is 1220. The Kier molecular flexibility index (Phi) is 4.99. The van der Waals surface area contributed by atoms with E-state index < -0.39 is 11.2 Å². The van der Waals surface area contributed by atoms with Crippen LogP contribution in [0.5, 0.6) is 0 Å². The SMILES string of the molecule is CCn1c([C@H]2CCCNC2)nn(CCn2cnc3c2c(=O)n(C)c(=O)n3C)c1=O. The molecule has 1 N–H and O–H groups in total. The van der Waals surface area contributed by atoms with E-state index in [1.807, 2.05) is 6.92 Å². The lowest BCUT2D eigenvalue weighted by molar-refractivity contribution is 0.430. The molecule has 0 spiro atoms. The molecule has 0 saturated carbocycles. The third kappa shape index (κ3) is 3.15. The molecule has 1 fully saturated rings. The van der Waals surface area contributed by atoms with Crippen LogP contribution in [0, 0.1) is 0 Å².